The fourth-order valence-electron chi connectivity index (χ4n) is 1.91. The summed E-state index contributed by atoms with van der Waals surface area (Å²) < 4.78 is 0. The van der Waals surface area contributed by atoms with E-state index >= 15 is 0 Å². The van der Waals surface area contributed by atoms with Crippen molar-refractivity contribution >= 4 is 5.97 Å². The molecule has 0 spiro atoms. The molecule has 3 nitrogen and oxygen atoms in total. The van der Waals surface area contributed by atoms with Crippen molar-refractivity contribution in [2.24, 2.45) is 0 Å². The number of benzene rings is 1. The van der Waals surface area contributed by atoms with Gasteiger partial charge < -0.3 is 10.4 Å². The van der Waals surface area contributed by atoms with Gasteiger partial charge in [-0.3, -0.25) is 0 Å². The summed E-state index contributed by atoms with van der Waals surface area (Å²) in [5.41, 5.74) is 2.29. The summed E-state index contributed by atoms with van der Waals surface area (Å²) in [4.78, 5) is 11.1. The number of hydrogen-bond acceptors (Lipinski definition) is 2. The zero-order chi connectivity index (χ0) is 11.5. The molecule has 0 aromatic heterocycles. The van der Waals surface area contributed by atoms with Gasteiger partial charge in [0.25, 0.3) is 0 Å². The van der Waals surface area contributed by atoms with Crippen molar-refractivity contribution in [2.45, 2.75) is 38.8 Å². The molecule has 0 heterocycles. The highest BCUT2D eigenvalue weighted by Gasteiger charge is 2.17. The first kappa shape index (κ1) is 11.1. The van der Waals surface area contributed by atoms with Crippen LogP contribution in [0, 0.1) is 6.92 Å². The first-order valence-electron chi connectivity index (χ1n) is 5.73. The molecule has 1 saturated carbocycles. The molecule has 86 valence electrons. The molecule has 1 aliphatic rings. The molecule has 0 saturated heterocycles. The van der Waals surface area contributed by atoms with Crippen LogP contribution in [0.2, 0.25) is 0 Å². The van der Waals surface area contributed by atoms with Crippen LogP contribution in [0.4, 0.5) is 0 Å². The lowest BCUT2D eigenvalue weighted by Crippen LogP contribution is -2.34. The molecule has 0 atom stereocenters. The molecule has 0 radical (unpaired) electrons. The van der Waals surface area contributed by atoms with Crippen LogP contribution >= 0.6 is 0 Å². The van der Waals surface area contributed by atoms with E-state index in [1.54, 1.807) is 6.07 Å². The first-order valence-corrected chi connectivity index (χ1v) is 5.73. The van der Waals surface area contributed by atoms with Crippen molar-refractivity contribution in [2.75, 3.05) is 0 Å². The molecule has 3 heteroatoms. The van der Waals surface area contributed by atoms with E-state index in [9.17, 15) is 4.79 Å². The third-order valence-electron chi connectivity index (χ3n) is 3.18. The fourth-order valence-corrected chi connectivity index (χ4v) is 1.91. The maximum atomic E-state index is 11.1. The summed E-state index contributed by atoms with van der Waals surface area (Å²) in [7, 11) is 0. The Kier molecular flexibility index (Phi) is 3.25. The van der Waals surface area contributed by atoms with Gasteiger partial charge in [-0.2, -0.15) is 0 Å². The van der Waals surface area contributed by atoms with E-state index in [2.05, 4.69) is 5.32 Å². The van der Waals surface area contributed by atoms with Gasteiger partial charge in [-0.15, -0.1) is 0 Å². The van der Waals surface area contributed by atoms with E-state index < -0.39 is 5.97 Å². The van der Waals surface area contributed by atoms with Crippen molar-refractivity contribution in [1.29, 1.82) is 0 Å². The van der Waals surface area contributed by atoms with Crippen LogP contribution in [-0.2, 0) is 6.54 Å². The number of nitrogens with one attached hydrogen (secondary N) is 1. The zero-order valence-corrected chi connectivity index (χ0v) is 9.49. The normalized spacial score (nSPS) is 15.8. The van der Waals surface area contributed by atoms with Gasteiger partial charge in [0.2, 0.25) is 0 Å². The lowest BCUT2D eigenvalue weighted by atomic mass is 9.93. The monoisotopic (exact) mass is 219 g/mol. The minimum Gasteiger partial charge on any atom is -0.478 e. The van der Waals surface area contributed by atoms with Gasteiger partial charge >= 0.3 is 5.97 Å². The summed E-state index contributed by atoms with van der Waals surface area (Å²) in [6.45, 7) is 2.57. The smallest absolute Gasteiger partial charge is 0.336 e. The highest BCUT2D eigenvalue weighted by Crippen LogP contribution is 2.19. The van der Waals surface area contributed by atoms with Gasteiger partial charge in [-0.05, 0) is 31.4 Å². The molecule has 1 fully saturated rings. The maximum Gasteiger partial charge on any atom is 0.336 e. The van der Waals surface area contributed by atoms with E-state index in [0.29, 0.717) is 18.2 Å². The van der Waals surface area contributed by atoms with Crippen LogP contribution in [0.15, 0.2) is 18.2 Å². The van der Waals surface area contributed by atoms with Crippen LogP contribution in [0.5, 0.6) is 0 Å². The van der Waals surface area contributed by atoms with E-state index in [1.165, 1.54) is 19.3 Å². The summed E-state index contributed by atoms with van der Waals surface area (Å²) in [6, 6.07) is 6.19. The number of aromatic carboxylic acids is 1. The van der Waals surface area contributed by atoms with E-state index in [1.807, 2.05) is 19.1 Å². The molecule has 0 aliphatic heterocycles. The van der Waals surface area contributed by atoms with Gasteiger partial charge in [-0.25, -0.2) is 4.79 Å². The molecule has 0 unspecified atom stereocenters. The number of carboxylic acid groups (broad SMARTS) is 1. The Labute approximate surface area is 95.5 Å². The molecular weight excluding hydrogens is 202 g/mol. The lowest BCUT2D eigenvalue weighted by Gasteiger charge is -2.26. The Morgan fingerprint density at radius 2 is 2.25 bits per heavy atom. The van der Waals surface area contributed by atoms with Gasteiger partial charge in [-0.1, -0.05) is 24.1 Å². The molecule has 1 aromatic rings. The fraction of sp³-hybridized carbons (Fsp3) is 0.462. The Hall–Kier alpha value is -1.35. The number of carbonyl (C=O) groups is 1. The molecule has 1 aromatic carbocycles. The van der Waals surface area contributed by atoms with Crippen molar-refractivity contribution < 1.29 is 9.90 Å². The van der Waals surface area contributed by atoms with Gasteiger partial charge in [0.05, 0.1) is 5.56 Å². The predicted octanol–water partition coefficient (Wildman–Crippen LogP) is 2.34. The van der Waals surface area contributed by atoms with Crippen LogP contribution in [0.1, 0.15) is 40.7 Å². The highest BCUT2D eigenvalue weighted by atomic mass is 16.4. The minimum absolute atomic E-state index is 0.423. The quantitative estimate of drug-likeness (QED) is 0.817. The topological polar surface area (TPSA) is 49.3 Å². The molecule has 16 heavy (non-hydrogen) atoms. The second-order valence-electron chi connectivity index (χ2n) is 4.47. The third kappa shape index (κ3) is 2.42. The van der Waals surface area contributed by atoms with Crippen molar-refractivity contribution in [3.8, 4) is 0 Å². The van der Waals surface area contributed by atoms with Crippen molar-refractivity contribution in [3.63, 3.8) is 0 Å². The van der Waals surface area contributed by atoms with Crippen LogP contribution in [0.25, 0.3) is 0 Å². The average molecular weight is 219 g/mol. The Morgan fingerprint density at radius 1 is 1.50 bits per heavy atom. The van der Waals surface area contributed by atoms with Crippen molar-refractivity contribution in [3.05, 3.63) is 34.9 Å². The molecule has 2 rings (SSSR count). The highest BCUT2D eigenvalue weighted by molar-refractivity contribution is 5.89. The van der Waals surface area contributed by atoms with Gasteiger partial charge in [0.1, 0.15) is 0 Å². The number of carboxylic acids is 1. The minimum atomic E-state index is -0.839. The Balaban J connectivity index is 2.08. The SMILES string of the molecule is Cc1ccc(CNC2CCC2)c(C(=O)O)c1. The van der Waals surface area contributed by atoms with Crippen LogP contribution < -0.4 is 5.32 Å². The molecule has 0 amide bonds. The standard InChI is InChI=1S/C13H17NO2/c1-9-5-6-10(12(7-9)13(15)16)8-14-11-3-2-4-11/h5-7,11,14H,2-4,8H2,1H3,(H,15,16). The Bertz CT molecular complexity index is 397. The Morgan fingerprint density at radius 3 is 2.81 bits per heavy atom. The largest absolute Gasteiger partial charge is 0.478 e. The summed E-state index contributed by atoms with van der Waals surface area (Å²) in [5, 5.41) is 12.5. The molecule has 1 aliphatic carbocycles. The molecule has 0 bridgehead atoms. The molecular formula is C13H17NO2. The summed E-state index contributed by atoms with van der Waals surface area (Å²) >= 11 is 0. The summed E-state index contributed by atoms with van der Waals surface area (Å²) in [6.07, 6.45) is 3.72. The second kappa shape index (κ2) is 4.66. The number of hydrogen-bond donors (Lipinski definition) is 2. The lowest BCUT2D eigenvalue weighted by molar-refractivity contribution is 0.0695. The van der Waals surface area contributed by atoms with Crippen LogP contribution in [0.3, 0.4) is 0 Å². The second-order valence-corrected chi connectivity index (χ2v) is 4.47. The van der Waals surface area contributed by atoms with Crippen molar-refractivity contribution in [1.82, 2.24) is 5.32 Å². The van der Waals surface area contributed by atoms with Gasteiger partial charge in [0, 0.05) is 12.6 Å². The zero-order valence-electron chi connectivity index (χ0n) is 9.49. The van der Waals surface area contributed by atoms with E-state index in [4.69, 9.17) is 5.11 Å². The van der Waals surface area contributed by atoms with E-state index in [0.717, 1.165) is 11.1 Å². The molecule has 2 N–H and O–H groups in total. The maximum absolute atomic E-state index is 11.1. The number of aryl methyl sites for hydroxylation is 1. The predicted molar refractivity (Wildman–Crippen MR) is 62.6 cm³/mol. The summed E-state index contributed by atoms with van der Waals surface area (Å²) in [5.74, 6) is -0.839. The number of rotatable bonds is 4. The first-order chi connectivity index (χ1) is 7.66. The van der Waals surface area contributed by atoms with E-state index in [-0.39, 0.29) is 0 Å². The average Bonchev–Trinajstić information content (AvgIpc) is 2.17. The van der Waals surface area contributed by atoms with Crippen LogP contribution in [-0.4, -0.2) is 17.1 Å². The third-order valence-corrected chi connectivity index (χ3v) is 3.18. The van der Waals surface area contributed by atoms with Gasteiger partial charge in [0.15, 0.2) is 0 Å².